The molecule has 126 valence electrons. The van der Waals surface area contributed by atoms with Crippen LogP contribution in [0.4, 0.5) is 5.82 Å². The van der Waals surface area contributed by atoms with E-state index >= 15 is 0 Å². The normalized spacial score (nSPS) is 10.5. The minimum Gasteiger partial charge on any atom is -0.476 e. The minimum atomic E-state index is -1.24. The summed E-state index contributed by atoms with van der Waals surface area (Å²) < 4.78 is 1.37. The van der Waals surface area contributed by atoms with Gasteiger partial charge in [0.2, 0.25) is 0 Å². The molecule has 3 aromatic rings. The van der Waals surface area contributed by atoms with E-state index in [9.17, 15) is 14.7 Å². The maximum absolute atomic E-state index is 12.5. The quantitative estimate of drug-likeness (QED) is 0.670. The van der Waals surface area contributed by atoms with E-state index in [0.717, 1.165) is 0 Å². The van der Waals surface area contributed by atoms with Crippen molar-refractivity contribution in [2.75, 3.05) is 5.32 Å². The number of rotatable bonds is 4. The van der Waals surface area contributed by atoms with Crippen LogP contribution in [0.25, 0.3) is 5.82 Å². The van der Waals surface area contributed by atoms with Crippen LogP contribution in [0.2, 0.25) is 5.02 Å². The first-order valence-electron chi connectivity index (χ1n) is 6.98. The van der Waals surface area contributed by atoms with Gasteiger partial charge in [0.25, 0.3) is 5.91 Å². The SMILES string of the molecule is O=C(Nc1c(Br)c(C(=O)O)nn1-c1ccccn1)c1ccccc1Cl. The molecule has 0 radical (unpaired) electrons. The fraction of sp³-hybridized carbons (Fsp3) is 0. The van der Waals surface area contributed by atoms with Gasteiger partial charge in [-0.05, 0) is 40.2 Å². The van der Waals surface area contributed by atoms with Gasteiger partial charge in [0, 0.05) is 6.20 Å². The number of hydrogen-bond donors (Lipinski definition) is 2. The number of benzene rings is 1. The Labute approximate surface area is 155 Å². The van der Waals surface area contributed by atoms with Gasteiger partial charge in [0.05, 0.1) is 15.1 Å². The third kappa shape index (κ3) is 3.40. The second kappa shape index (κ2) is 7.04. The van der Waals surface area contributed by atoms with Gasteiger partial charge in [-0.2, -0.15) is 9.78 Å². The van der Waals surface area contributed by atoms with Gasteiger partial charge >= 0.3 is 5.97 Å². The van der Waals surface area contributed by atoms with E-state index in [4.69, 9.17) is 11.6 Å². The number of carboxylic acid groups (broad SMARTS) is 1. The van der Waals surface area contributed by atoms with Crippen molar-refractivity contribution < 1.29 is 14.7 Å². The molecule has 0 fully saturated rings. The maximum Gasteiger partial charge on any atom is 0.357 e. The van der Waals surface area contributed by atoms with Crippen molar-refractivity contribution >= 4 is 45.2 Å². The average Bonchev–Trinajstić information content (AvgIpc) is 2.93. The van der Waals surface area contributed by atoms with Crippen molar-refractivity contribution in [3.63, 3.8) is 0 Å². The minimum absolute atomic E-state index is 0.131. The second-order valence-electron chi connectivity index (χ2n) is 4.85. The first kappa shape index (κ1) is 17.1. The zero-order valence-electron chi connectivity index (χ0n) is 12.5. The highest BCUT2D eigenvalue weighted by atomic mass is 79.9. The molecule has 0 bridgehead atoms. The number of carbonyl (C=O) groups excluding carboxylic acids is 1. The number of carboxylic acids is 1. The predicted molar refractivity (Wildman–Crippen MR) is 95.4 cm³/mol. The fourth-order valence-corrected chi connectivity index (χ4v) is 2.85. The molecule has 0 unspecified atom stereocenters. The summed E-state index contributed by atoms with van der Waals surface area (Å²) in [7, 11) is 0. The van der Waals surface area contributed by atoms with Crippen molar-refractivity contribution in [2.24, 2.45) is 0 Å². The van der Waals surface area contributed by atoms with Crippen molar-refractivity contribution in [1.29, 1.82) is 0 Å². The molecule has 2 N–H and O–H groups in total. The highest BCUT2D eigenvalue weighted by molar-refractivity contribution is 9.10. The molecule has 1 amide bonds. The van der Waals surface area contributed by atoms with E-state index in [2.05, 4.69) is 31.3 Å². The molecule has 0 saturated heterocycles. The van der Waals surface area contributed by atoms with Crippen LogP contribution >= 0.6 is 27.5 Å². The zero-order chi connectivity index (χ0) is 18.0. The molecule has 9 heteroatoms. The molecule has 7 nitrogen and oxygen atoms in total. The van der Waals surface area contributed by atoms with E-state index in [1.165, 1.54) is 10.9 Å². The van der Waals surface area contributed by atoms with E-state index < -0.39 is 11.9 Å². The first-order valence-corrected chi connectivity index (χ1v) is 8.15. The van der Waals surface area contributed by atoms with Crippen LogP contribution < -0.4 is 5.32 Å². The molecular formula is C16H10BrClN4O3. The molecular weight excluding hydrogens is 412 g/mol. The summed E-state index contributed by atoms with van der Waals surface area (Å²) in [5.74, 6) is -1.25. The lowest BCUT2D eigenvalue weighted by Gasteiger charge is -2.09. The van der Waals surface area contributed by atoms with Crippen molar-refractivity contribution in [2.45, 2.75) is 0 Å². The Balaban J connectivity index is 2.07. The molecule has 2 aromatic heterocycles. The van der Waals surface area contributed by atoms with Crippen LogP contribution in [0, 0.1) is 0 Å². The number of pyridine rings is 1. The lowest BCUT2D eigenvalue weighted by molar-refractivity contribution is 0.0688. The van der Waals surface area contributed by atoms with E-state index in [-0.39, 0.29) is 26.6 Å². The Morgan fingerprint density at radius 2 is 1.88 bits per heavy atom. The number of nitrogens with zero attached hydrogens (tertiary/aromatic N) is 3. The zero-order valence-corrected chi connectivity index (χ0v) is 14.8. The third-order valence-corrected chi connectivity index (χ3v) is 4.33. The molecule has 1 aromatic carbocycles. The highest BCUT2D eigenvalue weighted by Crippen LogP contribution is 2.29. The van der Waals surface area contributed by atoms with Gasteiger partial charge in [-0.15, -0.1) is 0 Å². The third-order valence-electron chi connectivity index (χ3n) is 3.25. The molecule has 0 aliphatic carbocycles. The van der Waals surface area contributed by atoms with Crippen LogP contribution in [-0.4, -0.2) is 31.7 Å². The average molecular weight is 422 g/mol. The standard InChI is InChI=1S/C16H10BrClN4O3/c17-12-13(16(24)25)21-22(11-7-3-4-8-19-11)14(12)20-15(23)9-5-1-2-6-10(9)18/h1-8H,(H,20,23)(H,24,25). The molecule has 25 heavy (non-hydrogen) atoms. The van der Waals surface area contributed by atoms with E-state index in [0.29, 0.717) is 5.82 Å². The number of hydrogen-bond acceptors (Lipinski definition) is 4. The summed E-state index contributed by atoms with van der Waals surface area (Å²) in [4.78, 5) is 28.0. The summed E-state index contributed by atoms with van der Waals surface area (Å²) in [6.45, 7) is 0. The number of aromatic nitrogens is 3. The molecule has 3 rings (SSSR count). The summed E-state index contributed by atoms with van der Waals surface area (Å²) >= 11 is 9.22. The largest absolute Gasteiger partial charge is 0.476 e. The predicted octanol–water partition coefficient (Wildman–Crippen LogP) is 3.63. The molecule has 2 heterocycles. The Bertz CT molecular complexity index is 959. The monoisotopic (exact) mass is 420 g/mol. The maximum atomic E-state index is 12.5. The lowest BCUT2D eigenvalue weighted by atomic mass is 10.2. The van der Waals surface area contributed by atoms with Crippen molar-refractivity contribution in [3.8, 4) is 5.82 Å². The summed E-state index contributed by atoms with van der Waals surface area (Å²) in [5, 5.41) is 16.2. The highest BCUT2D eigenvalue weighted by Gasteiger charge is 2.24. The molecule has 0 atom stereocenters. The molecule has 0 aliphatic rings. The Morgan fingerprint density at radius 1 is 1.16 bits per heavy atom. The van der Waals surface area contributed by atoms with Crippen LogP contribution in [0.5, 0.6) is 0 Å². The van der Waals surface area contributed by atoms with Crippen molar-refractivity contribution in [3.05, 3.63) is 69.4 Å². The fourth-order valence-electron chi connectivity index (χ4n) is 2.11. The van der Waals surface area contributed by atoms with Crippen LogP contribution in [0.15, 0.2) is 53.1 Å². The van der Waals surface area contributed by atoms with Crippen LogP contribution in [-0.2, 0) is 0 Å². The molecule has 0 aliphatic heterocycles. The first-order chi connectivity index (χ1) is 12.0. The number of carbonyl (C=O) groups is 2. The van der Waals surface area contributed by atoms with Gasteiger partial charge in [0.15, 0.2) is 17.3 Å². The lowest BCUT2D eigenvalue weighted by Crippen LogP contribution is -2.16. The summed E-state index contributed by atoms with van der Waals surface area (Å²) in [6.07, 6.45) is 1.53. The Kier molecular flexibility index (Phi) is 4.82. The smallest absolute Gasteiger partial charge is 0.357 e. The number of amides is 1. The second-order valence-corrected chi connectivity index (χ2v) is 6.05. The number of halogens is 2. The van der Waals surface area contributed by atoms with Gasteiger partial charge in [0.1, 0.15) is 0 Å². The van der Waals surface area contributed by atoms with Gasteiger partial charge in [-0.1, -0.05) is 29.8 Å². The summed E-state index contributed by atoms with van der Waals surface area (Å²) in [5.41, 5.74) is 0.00169. The van der Waals surface area contributed by atoms with Crippen LogP contribution in [0.1, 0.15) is 20.8 Å². The Morgan fingerprint density at radius 3 is 2.52 bits per heavy atom. The topological polar surface area (TPSA) is 97.1 Å². The molecule has 0 spiro atoms. The van der Waals surface area contributed by atoms with E-state index in [1.54, 1.807) is 42.5 Å². The number of anilines is 1. The van der Waals surface area contributed by atoms with Crippen LogP contribution in [0.3, 0.4) is 0 Å². The van der Waals surface area contributed by atoms with Gasteiger partial charge in [-0.25, -0.2) is 9.78 Å². The Hall–Kier alpha value is -2.71. The summed E-state index contributed by atoms with van der Waals surface area (Å²) in [6, 6.07) is 11.6. The number of aromatic carboxylic acids is 1. The van der Waals surface area contributed by atoms with Gasteiger partial charge in [-0.3, -0.25) is 4.79 Å². The van der Waals surface area contributed by atoms with Crippen molar-refractivity contribution in [1.82, 2.24) is 14.8 Å². The van der Waals surface area contributed by atoms with E-state index in [1.807, 2.05) is 0 Å². The van der Waals surface area contributed by atoms with Gasteiger partial charge < -0.3 is 10.4 Å². The number of nitrogens with one attached hydrogen (secondary N) is 1. The molecule has 0 saturated carbocycles.